The number of alkyl carbamates (subject to hydrolysis) is 2. The lowest BCUT2D eigenvalue weighted by molar-refractivity contribution is -0.188. The zero-order chi connectivity index (χ0) is 79.3. The van der Waals surface area contributed by atoms with Gasteiger partial charge in [0, 0.05) is 48.4 Å². The lowest BCUT2D eigenvalue weighted by Gasteiger charge is -2.34. The molecule has 3 rings (SSSR count). The fourth-order valence-electron chi connectivity index (χ4n) is 7.85. The Balaban J connectivity index is 0.00000143. The van der Waals surface area contributed by atoms with E-state index in [1.54, 1.807) is 34.6 Å². The van der Waals surface area contributed by atoms with Crippen molar-refractivity contribution in [1.29, 1.82) is 0 Å². The van der Waals surface area contributed by atoms with Crippen LogP contribution in [0.3, 0.4) is 0 Å². The van der Waals surface area contributed by atoms with E-state index >= 15 is 0 Å². The topological polar surface area (TPSA) is 392 Å². The van der Waals surface area contributed by atoms with Crippen molar-refractivity contribution in [2.45, 2.75) is 179 Å². The van der Waals surface area contributed by atoms with Crippen molar-refractivity contribution in [3.05, 3.63) is 114 Å². The van der Waals surface area contributed by atoms with Crippen LogP contribution in [0.2, 0.25) is 0 Å². The van der Waals surface area contributed by atoms with Gasteiger partial charge in [-0.2, -0.15) is 0 Å². The zero-order valence-electron chi connectivity index (χ0n) is 63.2. The minimum Gasteiger partial charge on any atom is -0.464 e. The summed E-state index contributed by atoms with van der Waals surface area (Å²) in [6.45, 7) is 37.0. The molecule has 0 radical (unpaired) electrons. The molecule has 0 spiro atoms. The number of nitrogens with one attached hydrogen (secondary N) is 3. The van der Waals surface area contributed by atoms with E-state index in [0.717, 1.165) is 22.4 Å². The zero-order valence-corrected chi connectivity index (χ0v) is 63.2. The number of anilines is 1. The predicted octanol–water partition coefficient (Wildman–Crippen LogP) is 8.94. The Hall–Kier alpha value is -9.48. The van der Waals surface area contributed by atoms with Crippen LogP contribution in [0.1, 0.15) is 159 Å². The predicted molar refractivity (Wildman–Crippen MR) is 381 cm³/mol. The van der Waals surface area contributed by atoms with Gasteiger partial charge in [-0.25, -0.2) is 28.8 Å². The summed E-state index contributed by atoms with van der Waals surface area (Å²) in [4.78, 5) is 139. The first kappa shape index (κ1) is 94.5. The van der Waals surface area contributed by atoms with Gasteiger partial charge in [-0.15, -0.1) is 0 Å². The van der Waals surface area contributed by atoms with Crippen LogP contribution < -0.4 is 16.0 Å². The van der Waals surface area contributed by atoms with Crippen molar-refractivity contribution in [3.63, 3.8) is 0 Å². The van der Waals surface area contributed by atoms with Gasteiger partial charge in [0.2, 0.25) is 12.2 Å². The van der Waals surface area contributed by atoms with Crippen LogP contribution in [0.25, 0.3) is 0 Å². The number of methoxy groups -OCH3 is 1. The lowest BCUT2D eigenvalue weighted by atomic mass is 9.87. The molecule has 2 aromatic carbocycles. The Kier molecular flexibility index (Phi) is 45.5. The number of carbonyl (C=O) groups excluding carboxylic acids is 12. The maximum absolute atomic E-state index is 12.9. The van der Waals surface area contributed by atoms with Crippen LogP contribution in [0.15, 0.2) is 97.1 Å². The van der Waals surface area contributed by atoms with Gasteiger partial charge in [0.25, 0.3) is 0 Å². The number of benzene rings is 2. The molecule has 29 heteroatoms. The number of hydrogen-bond acceptors (Lipinski definition) is 26. The van der Waals surface area contributed by atoms with Crippen LogP contribution in [0.5, 0.6) is 0 Å². The maximum Gasteiger partial charge on any atom is 0.407 e. The second kappa shape index (κ2) is 50.0. The smallest absolute Gasteiger partial charge is 0.407 e. The van der Waals surface area contributed by atoms with Gasteiger partial charge in [-0.1, -0.05) is 97.3 Å². The molecule has 0 aromatic heterocycles. The third kappa shape index (κ3) is 39.8. The highest BCUT2D eigenvalue weighted by Crippen LogP contribution is 2.30. The number of esters is 9. The molecule has 2 aromatic rings. The molecule has 6 unspecified atom stereocenters. The number of aliphatic hydroxyl groups excluding tert-OH is 2. The second-order valence-corrected chi connectivity index (χ2v) is 25.7. The molecule has 6 atom stereocenters. The third-order valence-corrected chi connectivity index (χ3v) is 15.5. The highest BCUT2D eigenvalue weighted by atomic mass is 16.7. The van der Waals surface area contributed by atoms with Crippen molar-refractivity contribution in [2.24, 2.45) is 22.2 Å². The summed E-state index contributed by atoms with van der Waals surface area (Å²) in [5, 5.41) is 27.4. The van der Waals surface area contributed by atoms with E-state index in [9.17, 15) is 67.7 Å². The van der Waals surface area contributed by atoms with Gasteiger partial charge in [0.05, 0.1) is 49.0 Å². The molecule has 0 saturated heterocycles. The molecule has 1 fully saturated rings. The van der Waals surface area contributed by atoms with Gasteiger partial charge in [0.15, 0.2) is 6.61 Å². The molecule has 29 nitrogen and oxygen atoms in total. The van der Waals surface area contributed by atoms with Crippen LogP contribution in [-0.4, -0.2) is 186 Å². The molecule has 1 aliphatic carbocycles. The molecule has 5 N–H and O–H groups in total. The molecule has 3 amide bonds. The summed E-state index contributed by atoms with van der Waals surface area (Å²) < 4.78 is 60.2. The summed E-state index contributed by atoms with van der Waals surface area (Å²) >= 11 is 0. The van der Waals surface area contributed by atoms with Crippen molar-refractivity contribution in [2.75, 3.05) is 85.0 Å². The Morgan fingerprint density at radius 1 is 0.538 bits per heavy atom. The van der Waals surface area contributed by atoms with Crippen molar-refractivity contribution < 1.29 is 125 Å². The van der Waals surface area contributed by atoms with E-state index < -0.39 is 89.4 Å². The largest absolute Gasteiger partial charge is 0.464 e. The first-order valence-electron chi connectivity index (χ1n) is 34.1. The Bertz CT molecular complexity index is 3160. The summed E-state index contributed by atoms with van der Waals surface area (Å²) in [5.74, 6) is -4.81. The van der Waals surface area contributed by atoms with Crippen molar-refractivity contribution in [1.82, 2.24) is 10.6 Å². The van der Waals surface area contributed by atoms with Gasteiger partial charge in [-0.3, -0.25) is 28.8 Å². The van der Waals surface area contributed by atoms with Crippen LogP contribution in [0.4, 0.5) is 15.3 Å². The van der Waals surface area contributed by atoms with Crippen LogP contribution in [-0.2, 0) is 118 Å². The van der Waals surface area contributed by atoms with Crippen molar-refractivity contribution >= 4 is 77.5 Å². The molecule has 582 valence electrons. The quantitative estimate of drug-likeness (QED) is 0.0138. The highest BCUT2D eigenvalue weighted by Gasteiger charge is 2.41. The van der Waals surface area contributed by atoms with E-state index in [1.165, 1.54) is 34.8 Å². The van der Waals surface area contributed by atoms with Crippen LogP contribution >= 0.6 is 0 Å². The SMILES string of the molecule is C=C(C)C(=O)OC(O)COC(=O)C(CC)(COC)COC(=O)Cc1ccc(Cc2ccc(NC(C)=O)cc2)cc1.C=C(C)C(=O)OC1CCC(OC(=O)C(C)(C)CC)C(O)C1.C=C(C)C(=O)OCCNC(=O)OCCOC(=O)C(C)(C)CC.C=C(C)C(=O)OCCNC(=O)OCCOC(=O)C(C)CC. The second-order valence-electron chi connectivity index (χ2n) is 25.7. The van der Waals surface area contributed by atoms with E-state index in [-0.39, 0.29) is 127 Å². The van der Waals surface area contributed by atoms with Crippen LogP contribution in [0, 0.1) is 22.2 Å². The number of rotatable bonds is 38. The van der Waals surface area contributed by atoms with E-state index in [1.807, 2.05) is 83.1 Å². The summed E-state index contributed by atoms with van der Waals surface area (Å²) in [5.41, 5.74) is 2.20. The molecule has 104 heavy (non-hydrogen) atoms. The number of carbonyl (C=O) groups is 12. The van der Waals surface area contributed by atoms with Gasteiger partial charge >= 0.3 is 65.9 Å². The Morgan fingerprint density at radius 3 is 1.46 bits per heavy atom. The molecule has 1 saturated carbocycles. The fraction of sp³-hybridized carbons (Fsp3) is 0.573. The molecular weight excluding hydrogens is 1360 g/mol. The Morgan fingerprint density at radius 2 is 1.01 bits per heavy atom. The minimum absolute atomic E-state index is 0.000325. The average Bonchev–Trinajstić information content (AvgIpc) is 0.850. The number of hydrogen-bond donors (Lipinski definition) is 5. The lowest BCUT2D eigenvalue weighted by Crippen LogP contribution is -2.43. The average molecular weight is 1470 g/mol. The van der Waals surface area contributed by atoms with Crippen molar-refractivity contribution in [3.8, 4) is 0 Å². The number of aliphatic hydroxyl groups is 2. The van der Waals surface area contributed by atoms with Gasteiger partial charge in [-0.05, 0) is 129 Å². The van der Waals surface area contributed by atoms with E-state index in [4.69, 9.17) is 56.8 Å². The summed E-state index contributed by atoms with van der Waals surface area (Å²) in [6, 6.07) is 15.1. The van der Waals surface area contributed by atoms with E-state index in [0.29, 0.717) is 55.2 Å². The number of ether oxygens (including phenoxy) is 12. The summed E-state index contributed by atoms with van der Waals surface area (Å²) in [7, 11) is 1.40. The Labute approximate surface area is 610 Å². The third-order valence-electron chi connectivity index (χ3n) is 15.5. The molecule has 0 heterocycles. The first-order valence-corrected chi connectivity index (χ1v) is 34.1. The number of amides is 3. The normalized spacial score (nSPS) is 14.7. The molecule has 1 aliphatic rings. The minimum atomic E-state index is -1.67. The van der Waals surface area contributed by atoms with Gasteiger partial charge < -0.3 is 83.0 Å². The molecule has 0 bridgehead atoms. The van der Waals surface area contributed by atoms with E-state index in [2.05, 4.69) is 42.3 Å². The highest BCUT2D eigenvalue weighted by molar-refractivity contribution is 5.89. The first-order chi connectivity index (χ1) is 48.7. The monoisotopic (exact) mass is 1470 g/mol. The fourth-order valence-corrected chi connectivity index (χ4v) is 7.85. The molecular formula is C75H111N3O26. The summed E-state index contributed by atoms with van der Waals surface area (Å²) in [6.07, 6.45) is -0.392. The molecule has 0 aliphatic heterocycles. The standard InChI is InChI=1S/C30H37NO9.C16H26O5.C15H25NO6.C14H23NO6/c1-6-30(18-37-5,29(36)38-17-27(34)40-28(35)20(2)3)19-39-26(33)16-24-9-7-22(8-10-24)15-23-11-13-25(14-12-23)31-21(4)32;1-6-16(4,5)15(19)21-13-8-7-11(9-12(13)17)20-14(18)10(2)3;1-6-15(4,5)13(18)21-9-10-22-14(19)16-7-8-20-12(17)11(2)3;1-5-11(4)13(17)20-8-9-21-14(18)15-6-7-19-12(16)10(2)3/h7-14,27,34H,2,6,15-19H2,1,3-5H3,(H,31,32);11-13,17H,2,6-9H2,1,3-5H3;2,6-10H2,1,3-5H3,(H,16,19);11H,2,5-9H2,1,3-4H3,(H,15,18). The van der Waals surface area contributed by atoms with Gasteiger partial charge in [0.1, 0.15) is 63.9 Å². The maximum atomic E-state index is 12.9.